The van der Waals surface area contributed by atoms with Gasteiger partial charge in [0.25, 0.3) is 0 Å². The quantitative estimate of drug-likeness (QED) is 0.495. The number of hydrogen-bond acceptors (Lipinski definition) is 6. The number of aryl methyl sites for hydroxylation is 1. The highest BCUT2D eigenvalue weighted by atomic mass is 35.5. The summed E-state index contributed by atoms with van der Waals surface area (Å²) in [5, 5.41) is 21.1. The molecule has 24 heavy (non-hydrogen) atoms. The van der Waals surface area contributed by atoms with Crippen molar-refractivity contribution in [3.05, 3.63) is 62.7 Å². The first kappa shape index (κ1) is 17.9. The van der Waals surface area contributed by atoms with E-state index in [1.54, 1.807) is 6.92 Å². The Balaban J connectivity index is 2.26. The van der Waals surface area contributed by atoms with Gasteiger partial charge >= 0.3 is 5.69 Å². The minimum Gasteiger partial charge on any atom is -0.502 e. The average molecular weight is 369 g/mol. The molecule has 0 atom stereocenters. The van der Waals surface area contributed by atoms with E-state index in [1.165, 1.54) is 36.4 Å². The van der Waals surface area contributed by atoms with Gasteiger partial charge in [0.05, 0.1) is 9.82 Å². The molecule has 2 rings (SSSR count). The first-order valence-electron chi connectivity index (χ1n) is 6.67. The van der Waals surface area contributed by atoms with E-state index in [9.17, 15) is 23.6 Å². The molecule has 0 unspecified atom stereocenters. The van der Waals surface area contributed by atoms with E-state index in [0.29, 0.717) is 10.6 Å². The zero-order valence-electron chi connectivity index (χ0n) is 12.5. The number of aliphatic imine (C=N–C) groups is 1. The fourth-order valence-corrected chi connectivity index (χ4v) is 3.07. The summed E-state index contributed by atoms with van der Waals surface area (Å²) in [6.45, 7) is 1.62. The third kappa shape index (κ3) is 4.09. The van der Waals surface area contributed by atoms with Crippen LogP contribution in [0.3, 0.4) is 0 Å². The summed E-state index contributed by atoms with van der Waals surface area (Å²) in [5.74, 6) is -1.12. The molecule has 2 aromatic rings. The minimum absolute atomic E-state index is 0.0588. The summed E-state index contributed by atoms with van der Waals surface area (Å²) in [4.78, 5) is 14.0. The first-order valence-corrected chi connectivity index (χ1v) is 8.70. The maximum atomic E-state index is 12.1. The largest absolute Gasteiger partial charge is 0.502 e. The molecule has 7 nitrogen and oxygen atoms in total. The molecule has 2 aromatic carbocycles. The molecule has 0 saturated carbocycles. The third-order valence-electron chi connectivity index (χ3n) is 3.11. The monoisotopic (exact) mass is 368 g/mol. The van der Waals surface area contributed by atoms with Gasteiger partial charge in [0.2, 0.25) is 5.75 Å². The van der Waals surface area contributed by atoms with Crippen molar-refractivity contribution < 1.29 is 18.4 Å². The number of phenols is 1. The number of hydrogen-bond donors (Lipinski definition) is 1. The van der Waals surface area contributed by atoms with Crippen LogP contribution in [-0.2, 0) is 9.84 Å². The first-order chi connectivity index (χ1) is 11.2. The van der Waals surface area contributed by atoms with Crippen LogP contribution in [0.15, 0.2) is 46.3 Å². The number of aromatic hydroxyl groups is 1. The lowest BCUT2D eigenvalue weighted by Gasteiger charge is -2.03. The maximum absolute atomic E-state index is 12.1. The number of nitro groups is 1. The number of nitro benzene ring substituents is 1. The van der Waals surface area contributed by atoms with Crippen molar-refractivity contribution >= 4 is 33.3 Å². The third-order valence-corrected chi connectivity index (χ3v) is 4.84. The molecule has 0 heterocycles. The topological polar surface area (TPSA) is 110 Å². The predicted octanol–water partition coefficient (Wildman–Crippen LogP) is 3.11. The van der Waals surface area contributed by atoms with Crippen molar-refractivity contribution in [2.45, 2.75) is 11.8 Å². The Bertz CT molecular complexity index is 908. The molecule has 0 amide bonds. The molecular weight excluding hydrogens is 356 g/mol. The Morgan fingerprint density at radius 3 is 2.50 bits per heavy atom. The van der Waals surface area contributed by atoms with E-state index in [4.69, 9.17) is 11.6 Å². The van der Waals surface area contributed by atoms with Crippen LogP contribution in [0, 0.1) is 17.0 Å². The van der Waals surface area contributed by atoms with Crippen molar-refractivity contribution in [1.29, 1.82) is 0 Å². The highest BCUT2D eigenvalue weighted by molar-refractivity contribution is 7.91. The van der Waals surface area contributed by atoms with Crippen LogP contribution in [0.25, 0.3) is 0 Å². The zero-order valence-corrected chi connectivity index (χ0v) is 14.1. The van der Waals surface area contributed by atoms with Gasteiger partial charge < -0.3 is 5.11 Å². The minimum atomic E-state index is -3.67. The second-order valence-corrected chi connectivity index (χ2v) is 7.38. The normalized spacial score (nSPS) is 11.8. The summed E-state index contributed by atoms with van der Waals surface area (Å²) in [7, 11) is -3.67. The Morgan fingerprint density at radius 2 is 1.92 bits per heavy atom. The molecule has 126 valence electrons. The Morgan fingerprint density at radius 1 is 1.29 bits per heavy atom. The molecule has 0 radical (unpaired) electrons. The standard InChI is InChI=1S/C15H13ClN2O5S/c1-10-6-11(15(19)14(7-10)18(20)21)8-17-9-24(22,23)13-4-2-12(16)3-5-13/h2-8,19H,9H2,1H3. The fourth-order valence-electron chi connectivity index (χ4n) is 1.97. The van der Waals surface area contributed by atoms with Gasteiger partial charge in [-0.2, -0.15) is 0 Å². The lowest BCUT2D eigenvalue weighted by atomic mass is 10.1. The summed E-state index contributed by atoms with van der Waals surface area (Å²) >= 11 is 5.71. The number of nitrogens with zero attached hydrogens (tertiary/aromatic N) is 2. The summed E-state index contributed by atoms with van der Waals surface area (Å²) in [6, 6.07) is 8.32. The van der Waals surface area contributed by atoms with Crippen molar-refractivity contribution in [3.8, 4) is 5.75 Å². The van der Waals surface area contributed by atoms with Crippen LogP contribution in [-0.4, -0.2) is 30.5 Å². The second kappa shape index (κ2) is 6.98. The van der Waals surface area contributed by atoms with Gasteiger partial charge in [-0.1, -0.05) is 11.6 Å². The van der Waals surface area contributed by atoms with Gasteiger partial charge in [-0.25, -0.2) is 8.42 Å². The van der Waals surface area contributed by atoms with E-state index in [0.717, 1.165) is 6.21 Å². The van der Waals surface area contributed by atoms with E-state index >= 15 is 0 Å². The molecule has 0 aliphatic carbocycles. The van der Waals surface area contributed by atoms with Gasteiger partial charge in [0.1, 0.15) is 5.88 Å². The predicted molar refractivity (Wildman–Crippen MR) is 90.6 cm³/mol. The van der Waals surface area contributed by atoms with Crippen LogP contribution in [0.5, 0.6) is 5.75 Å². The summed E-state index contributed by atoms with van der Waals surface area (Å²) in [5.41, 5.74) is 0.159. The molecule has 0 bridgehead atoms. The van der Waals surface area contributed by atoms with Crippen molar-refractivity contribution in [3.63, 3.8) is 0 Å². The lowest BCUT2D eigenvalue weighted by molar-refractivity contribution is -0.385. The van der Waals surface area contributed by atoms with Crippen LogP contribution < -0.4 is 0 Å². The molecule has 0 spiro atoms. The lowest BCUT2D eigenvalue weighted by Crippen LogP contribution is -2.05. The molecule has 0 aliphatic rings. The summed E-state index contributed by atoms with van der Waals surface area (Å²) in [6.07, 6.45) is 1.10. The molecule has 0 aromatic heterocycles. The van der Waals surface area contributed by atoms with Crippen LogP contribution in [0.4, 0.5) is 5.69 Å². The highest BCUT2D eigenvalue weighted by Gasteiger charge is 2.17. The zero-order chi connectivity index (χ0) is 17.9. The van der Waals surface area contributed by atoms with Gasteiger partial charge in [-0.15, -0.1) is 0 Å². The molecule has 1 N–H and O–H groups in total. The van der Waals surface area contributed by atoms with E-state index in [-0.39, 0.29) is 10.5 Å². The number of benzene rings is 2. The van der Waals surface area contributed by atoms with Gasteiger partial charge in [-0.3, -0.25) is 15.1 Å². The maximum Gasteiger partial charge on any atom is 0.311 e. The molecule has 0 saturated heterocycles. The van der Waals surface area contributed by atoms with Gasteiger partial charge in [-0.05, 0) is 42.8 Å². The van der Waals surface area contributed by atoms with E-state index in [2.05, 4.69) is 4.99 Å². The summed E-state index contributed by atoms with van der Waals surface area (Å²) < 4.78 is 24.3. The van der Waals surface area contributed by atoms with Gasteiger partial charge in [0.15, 0.2) is 9.84 Å². The van der Waals surface area contributed by atoms with Crippen LogP contribution >= 0.6 is 11.6 Å². The number of sulfone groups is 1. The van der Waals surface area contributed by atoms with E-state index in [1.807, 2.05) is 0 Å². The molecular formula is C15H13ClN2O5S. The number of halogens is 1. The van der Waals surface area contributed by atoms with Crippen molar-refractivity contribution in [2.75, 3.05) is 5.88 Å². The van der Waals surface area contributed by atoms with Crippen molar-refractivity contribution in [1.82, 2.24) is 0 Å². The fraction of sp³-hybridized carbons (Fsp3) is 0.133. The van der Waals surface area contributed by atoms with Gasteiger partial charge in [0, 0.05) is 22.9 Å². The second-order valence-electron chi connectivity index (χ2n) is 4.99. The SMILES string of the molecule is Cc1cc(C=NCS(=O)(=O)c2ccc(Cl)cc2)c(O)c([N+](=O)[O-])c1. The number of phenolic OH excluding ortho intramolecular Hbond substituents is 1. The molecule has 9 heteroatoms. The highest BCUT2D eigenvalue weighted by Crippen LogP contribution is 2.30. The van der Waals surface area contributed by atoms with Crippen LogP contribution in [0.1, 0.15) is 11.1 Å². The Hall–Kier alpha value is -2.45. The molecule has 0 fully saturated rings. The van der Waals surface area contributed by atoms with Crippen LogP contribution in [0.2, 0.25) is 5.02 Å². The number of rotatable bonds is 5. The van der Waals surface area contributed by atoms with Crippen molar-refractivity contribution in [2.24, 2.45) is 4.99 Å². The van der Waals surface area contributed by atoms with E-state index < -0.39 is 32.1 Å². The Kier molecular flexibility index (Phi) is 5.20. The Labute approximate surface area is 143 Å². The smallest absolute Gasteiger partial charge is 0.311 e. The average Bonchev–Trinajstić information content (AvgIpc) is 2.50. The molecule has 0 aliphatic heterocycles.